The zero-order chi connectivity index (χ0) is 25.0. The molecule has 0 heterocycles. The Morgan fingerprint density at radius 3 is 2.09 bits per heavy atom. The standard InChI is InChI=1S/C20H30N6O7/c21-13(2-1-9-24-20(22)23)17(30)26-15(10-11-3-5-12(27)6-4-11)18(31)25-14(19(32)33)7-8-16(28)29/h3-6,13-15,27H,1-2,7-10,21H2,(H,25,31)(H,26,30)(H,28,29)(H,32,33)(H4,22,23,24). The lowest BCUT2D eigenvalue weighted by molar-refractivity contribution is -0.143. The van der Waals surface area contributed by atoms with Crippen LogP contribution >= 0.6 is 0 Å². The molecular weight excluding hydrogens is 436 g/mol. The molecule has 1 aromatic rings. The number of guanidine groups is 1. The fourth-order valence-electron chi connectivity index (χ4n) is 2.80. The summed E-state index contributed by atoms with van der Waals surface area (Å²) >= 11 is 0. The minimum atomic E-state index is -1.46. The molecule has 0 fully saturated rings. The largest absolute Gasteiger partial charge is 0.508 e. The van der Waals surface area contributed by atoms with E-state index in [1.54, 1.807) is 0 Å². The van der Waals surface area contributed by atoms with E-state index in [0.717, 1.165) is 0 Å². The highest BCUT2D eigenvalue weighted by Crippen LogP contribution is 2.12. The molecule has 0 aromatic heterocycles. The first kappa shape index (κ1) is 27.2. The number of aliphatic carboxylic acids is 2. The van der Waals surface area contributed by atoms with Gasteiger partial charge in [0.05, 0.1) is 6.04 Å². The van der Waals surface area contributed by atoms with Crippen molar-refractivity contribution < 1.29 is 34.5 Å². The number of nitrogens with two attached hydrogens (primary N) is 3. The van der Waals surface area contributed by atoms with Gasteiger partial charge in [0, 0.05) is 19.4 Å². The van der Waals surface area contributed by atoms with Crippen LogP contribution in [-0.2, 0) is 25.6 Å². The zero-order valence-electron chi connectivity index (χ0n) is 17.9. The number of carbonyl (C=O) groups is 4. The molecule has 0 spiro atoms. The van der Waals surface area contributed by atoms with Gasteiger partial charge in [0.1, 0.15) is 17.8 Å². The number of phenols is 1. The zero-order valence-corrected chi connectivity index (χ0v) is 17.9. The molecule has 0 saturated carbocycles. The molecule has 0 bridgehead atoms. The number of carbonyl (C=O) groups excluding carboxylic acids is 2. The average molecular weight is 466 g/mol. The van der Waals surface area contributed by atoms with Gasteiger partial charge in [0.25, 0.3) is 0 Å². The average Bonchev–Trinajstić information content (AvgIpc) is 2.74. The molecule has 3 atom stereocenters. The number of aliphatic imine (C=N–C) groups is 1. The van der Waals surface area contributed by atoms with Crippen LogP contribution in [0.5, 0.6) is 5.75 Å². The van der Waals surface area contributed by atoms with Crippen molar-refractivity contribution in [3.8, 4) is 5.75 Å². The highest BCUT2D eigenvalue weighted by molar-refractivity contribution is 5.92. The predicted octanol–water partition coefficient (Wildman–Crippen LogP) is -1.77. The Kier molecular flexibility index (Phi) is 11.1. The number of nitrogens with zero attached hydrogens (tertiary/aromatic N) is 1. The van der Waals surface area contributed by atoms with Gasteiger partial charge in [0.15, 0.2) is 5.96 Å². The first-order valence-corrected chi connectivity index (χ1v) is 10.1. The van der Waals surface area contributed by atoms with Crippen LogP contribution in [0.2, 0.25) is 0 Å². The van der Waals surface area contributed by atoms with Crippen molar-refractivity contribution in [1.82, 2.24) is 10.6 Å². The van der Waals surface area contributed by atoms with Crippen LogP contribution in [0.25, 0.3) is 0 Å². The van der Waals surface area contributed by atoms with E-state index in [9.17, 15) is 29.4 Å². The van der Waals surface area contributed by atoms with Crippen molar-refractivity contribution in [2.45, 2.75) is 50.2 Å². The van der Waals surface area contributed by atoms with E-state index in [0.29, 0.717) is 12.0 Å². The molecule has 0 radical (unpaired) electrons. The van der Waals surface area contributed by atoms with E-state index >= 15 is 0 Å². The molecule has 33 heavy (non-hydrogen) atoms. The molecule has 13 nitrogen and oxygen atoms in total. The summed E-state index contributed by atoms with van der Waals surface area (Å²) in [5.41, 5.74) is 16.9. The normalized spacial score (nSPS) is 13.2. The van der Waals surface area contributed by atoms with Crippen molar-refractivity contribution >= 4 is 29.7 Å². The molecule has 13 heteroatoms. The maximum atomic E-state index is 12.8. The topological polar surface area (TPSA) is 243 Å². The third-order valence-corrected chi connectivity index (χ3v) is 4.57. The van der Waals surface area contributed by atoms with Crippen LogP contribution in [0.15, 0.2) is 29.3 Å². The van der Waals surface area contributed by atoms with Crippen LogP contribution in [0.4, 0.5) is 0 Å². The monoisotopic (exact) mass is 466 g/mol. The number of rotatable bonds is 14. The first-order chi connectivity index (χ1) is 15.5. The van der Waals surface area contributed by atoms with Crippen LogP contribution < -0.4 is 27.8 Å². The van der Waals surface area contributed by atoms with Gasteiger partial charge in [-0.05, 0) is 37.0 Å². The Bertz CT molecular complexity index is 855. The molecular formula is C20H30N6O7. The lowest BCUT2D eigenvalue weighted by Crippen LogP contribution is -2.55. The van der Waals surface area contributed by atoms with E-state index in [2.05, 4.69) is 15.6 Å². The van der Waals surface area contributed by atoms with Crippen molar-refractivity contribution in [2.75, 3.05) is 6.54 Å². The second-order valence-electron chi connectivity index (χ2n) is 7.32. The van der Waals surface area contributed by atoms with Crippen LogP contribution in [0.1, 0.15) is 31.2 Å². The molecule has 0 aliphatic rings. The summed E-state index contributed by atoms with van der Waals surface area (Å²) in [5, 5.41) is 32.3. The number of hydrogen-bond acceptors (Lipinski definition) is 7. The van der Waals surface area contributed by atoms with E-state index < -0.39 is 48.3 Å². The fourth-order valence-corrected chi connectivity index (χ4v) is 2.80. The van der Waals surface area contributed by atoms with Crippen LogP contribution in [0.3, 0.4) is 0 Å². The summed E-state index contributed by atoms with van der Waals surface area (Å²) < 4.78 is 0. The Morgan fingerprint density at radius 2 is 1.55 bits per heavy atom. The lowest BCUT2D eigenvalue weighted by atomic mass is 10.0. The maximum Gasteiger partial charge on any atom is 0.326 e. The maximum absolute atomic E-state index is 12.8. The molecule has 1 aromatic carbocycles. The second kappa shape index (κ2) is 13.5. The third-order valence-electron chi connectivity index (χ3n) is 4.57. The van der Waals surface area contributed by atoms with E-state index in [1.807, 2.05) is 0 Å². The minimum Gasteiger partial charge on any atom is -0.508 e. The number of carboxylic acids is 2. The summed E-state index contributed by atoms with van der Waals surface area (Å²) in [4.78, 5) is 51.3. The Hall–Kier alpha value is -3.87. The molecule has 182 valence electrons. The highest BCUT2D eigenvalue weighted by atomic mass is 16.4. The number of phenolic OH excluding ortho intramolecular Hbond substituents is 1. The van der Waals surface area contributed by atoms with Gasteiger partial charge in [-0.3, -0.25) is 19.4 Å². The van der Waals surface area contributed by atoms with Gasteiger partial charge in [-0.25, -0.2) is 4.79 Å². The Morgan fingerprint density at radius 1 is 0.939 bits per heavy atom. The third kappa shape index (κ3) is 10.8. The molecule has 2 amide bonds. The smallest absolute Gasteiger partial charge is 0.326 e. The van der Waals surface area contributed by atoms with Gasteiger partial charge in [-0.1, -0.05) is 12.1 Å². The second-order valence-corrected chi connectivity index (χ2v) is 7.32. The lowest BCUT2D eigenvalue weighted by Gasteiger charge is -2.23. The highest BCUT2D eigenvalue weighted by Gasteiger charge is 2.28. The molecule has 0 aliphatic carbocycles. The van der Waals surface area contributed by atoms with Crippen molar-refractivity contribution in [3.63, 3.8) is 0 Å². The van der Waals surface area contributed by atoms with Gasteiger partial charge in [-0.15, -0.1) is 0 Å². The SMILES string of the molecule is NC(N)=NCCCC(N)C(=O)NC(Cc1ccc(O)cc1)C(=O)NC(CCC(=O)O)C(=O)O. The molecule has 1 rings (SSSR count). The number of amides is 2. The summed E-state index contributed by atoms with van der Waals surface area (Å²) in [6.07, 6.45) is -0.179. The van der Waals surface area contributed by atoms with E-state index in [4.69, 9.17) is 22.3 Å². The van der Waals surface area contributed by atoms with Crippen molar-refractivity contribution in [2.24, 2.45) is 22.2 Å². The number of aromatic hydroxyl groups is 1. The Labute approximate surface area is 190 Å². The van der Waals surface area contributed by atoms with E-state index in [1.165, 1.54) is 24.3 Å². The van der Waals surface area contributed by atoms with E-state index in [-0.39, 0.29) is 37.5 Å². The van der Waals surface area contributed by atoms with Gasteiger partial charge >= 0.3 is 11.9 Å². The molecule has 0 aliphatic heterocycles. The summed E-state index contributed by atoms with van der Waals surface area (Å²) in [5.74, 6) is -4.16. The number of benzene rings is 1. The number of hydrogen-bond donors (Lipinski definition) is 8. The van der Waals surface area contributed by atoms with Gasteiger partial charge < -0.3 is 43.2 Å². The van der Waals surface area contributed by atoms with Crippen LogP contribution in [0, 0.1) is 0 Å². The molecule has 3 unspecified atom stereocenters. The van der Waals surface area contributed by atoms with Crippen molar-refractivity contribution in [1.29, 1.82) is 0 Å². The van der Waals surface area contributed by atoms with Gasteiger partial charge in [-0.2, -0.15) is 0 Å². The Balaban J connectivity index is 2.90. The summed E-state index contributed by atoms with van der Waals surface area (Å²) in [6.45, 7) is 0.268. The number of carboxylic acid groups (broad SMARTS) is 2. The summed E-state index contributed by atoms with van der Waals surface area (Å²) in [6, 6.07) is 2.24. The molecule has 11 N–H and O–H groups in total. The fraction of sp³-hybridized carbons (Fsp3) is 0.450. The molecule has 0 saturated heterocycles. The predicted molar refractivity (Wildman–Crippen MR) is 118 cm³/mol. The minimum absolute atomic E-state index is 0.00574. The van der Waals surface area contributed by atoms with Crippen LogP contribution in [-0.4, -0.2) is 69.7 Å². The summed E-state index contributed by atoms with van der Waals surface area (Å²) in [7, 11) is 0. The quantitative estimate of drug-likeness (QED) is 0.0871. The number of nitrogens with one attached hydrogen (secondary N) is 2. The van der Waals surface area contributed by atoms with Crippen molar-refractivity contribution in [3.05, 3.63) is 29.8 Å². The van der Waals surface area contributed by atoms with Gasteiger partial charge in [0.2, 0.25) is 11.8 Å². The first-order valence-electron chi connectivity index (χ1n) is 10.1.